The molecule has 0 aliphatic rings. The third-order valence-electron chi connectivity index (χ3n) is 1.85. The Kier molecular flexibility index (Phi) is 4.25. The van der Waals surface area contributed by atoms with Crippen LogP contribution in [-0.2, 0) is 9.59 Å². The van der Waals surface area contributed by atoms with Crippen LogP contribution in [0.15, 0.2) is 30.3 Å². The molecule has 0 amide bonds. The van der Waals surface area contributed by atoms with E-state index in [0.29, 0.717) is 11.6 Å². The number of esters is 1. The molecule has 96 valence electrons. The number of benzene rings is 1. The van der Waals surface area contributed by atoms with Gasteiger partial charge >= 0.3 is 12.1 Å². The Hall–Kier alpha value is -2.11. The first-order valence-corrected chi connectivity index (χ1v) is 4.87. The van der Waals surface area contributed by atoms with Crippen molar-refractivity contribution >= 4 is 17.8 Å². The summed E-state index contributed by atoms with van der Waals surface area (Å²) in [7, 11) is 0. The molecular weight excluding hydrogens is 249 g/mol. The molecule has 0 fully saturated rings. The Bertz CT molecular complexity index is 472. The molecule has 3 nitrogen and oxygen atoms in total. The monoisotopic (exact) mass is 258 g/mol. The fourth-order valence-electron chi connectivity index (χ4n) is 1.08. The van der Waals surface area contributed by atoms with Crippen LogP contribution in [0.4, 0.5) is 13.2 Å². The molecule has 0 aliphatic heterocycles. The van der Waals surface area contributed by atoms with Crippen molar-refractivity contribution in [3.63, 3.8) is 0 Å². The smallest absolute Gasteiger partial charge is 0.427 e. The number of alkyl halides is 3. The lowest BCUT2D eigenvalue weighted by Gasteiger charge is -2.01. The van der Waals surface area contributed by atoms with Crippen molar-refractivity contribution < 1.29 is 27.5 Å². The number of hydrogen-bond donors (Lipinski definition) is 0. The summed E-state index contributed by atoms with van der Waals surface area (Å²) in [6.45, 7) is 1.23. The molecule has 0 bridgehead atoms. The first-order chi connectivity index (χ1) is 8.29. The van der Waals surface area contributed by atoms with E-state index in [-0.39, 0.29) is 5.75 Å². The van der Waals surface area contributed by atoms with E-state index in [9.17, 15) is 22.8 Å². The molecule has 0 spiro atoms. The first kappa shape index (κ1) is 14.0. The van der Waals surface area contributed by atoms with E-state index in [0.717, 1.165) is 6.08 Å². The first-order valence-electron chi connectivity index (χ1n) is 4.87. The molecule has 0 aromatic heterocycles. The van der Waals surface area contributed by atoms with Crippen molar-refractivity contribution in [1.29, 1.82) is 0 Å². The number of hydrogen-bond acceptors (Lipinski definition) is 3. The Balaban J connectivity index is 2.72. The molecule has 0 saturated carbocycles. The van der Waals surface area contributed by atoms with E-state index in [1.807, 2.05) is 0 Å². The zero-order valence-corrected chi connectivity index (χ0v) is 9.32. The van der Waals surface area contributed by atoms with Crippen molar-refractivity contribution in [1.82, 2.24) is 0 Å². The zero-order valence-electron chi connectivity index (χ0n) is 9.32. The minimum Gasteiger partial charge on any atom is -0.427 e. The summed E-state index contributed by atoms with van der Waals surface area (Å²) >= 11 is 0. The minimum atomic E-state index is -4.87. The Morgan fingerprint density at radius 3 is 2.17 bits per heavy atom. The molecule has 0 atom stereocenters. The van der Waals surface area contributed by atoms with E-state index in [4.69, 9.17) is 4.74 Å². The third kappa shape index (κ3) is 4.40. The summed E-state index contributed by atoms with van der Waals surface area (Å²) in [6, 6.07) is 5.69. The van der Waals surface area contributed by atoms with Gasteiger partial charge in [-0.2, -0.15) is 13.2 Å². The van der Waals surface area contributed by atoms with Gasteiger partial charge in [-0.25, -0.2) is 0 Å². The highest BCUT2D eigenvalue weighted by Crippen LogP contribution is 2.18. The number of carbonyl (C=O) groups excluding carboxylic acids is 2. The predicted molar refractivity (Wildman–Crippen MR) is 57.8 cm³/mol. The van der Waals surface area contributed by atoms with Gasteiger partial charge in [-0.1, -0.05) is 18.2 Å². The molecular formula is C12H9F3O3. The standard InChI is InChI=1S/C12H9F3O3/c1-8(16)18-10-5-2-9(3-6-10)4-7-11(17)12(13,14)15/h2-7H,1H3/b7-4+. The quantitative estimate of drug-likeness (QED) is 0.475. The number of ether oxygens (including phenoxy) is 1. The summed E-state index contributed by atoms with van der Waals surface area (Å²) in [6.07, 6.45) is -3.39. The fraction of sp³-hybridized carbons (Fsp3) is 0.167. The molecule has 1 aromatic rings. The van der Waals surface area contributed by atoms with Crippen molar-refractivity contribution in [2.75, 3.05) is 0 Å². The van der Waals surface area contributed by atoms with Crippen molar-refractivity contribution in [2.24, 2.45) is 0 Å². The maximum Gasteiger partial charge on any atom is 0.454 e. The Labute approximate surface area is 101 Å². The predicted octanol–water partition coefficient (Wildman–Crippen LogP) is 2.76. The van der Waals surface area contributed by atoms with Crippen LogP contribution >= 0.6 is 0 Å². The molecule has 0 saturated heterocycles. The number of halogens is 3. The van der Waals surface area contributed by atoms with Crippen LogP contribution in [-0.4, -0.2) is 17.9 Å². The lowest BCUT2D eigenvalue weighted by molar-refractivity contribution is -0.165. The number of ketones is 1. The van der Waals surface area contributed by atoms with Crippen LogP contribution < -0.4 is 4.74 Å². The zero-order chi connectivity index (χ0) is 13.8. The maximum atomic E-state index is 11.9. The largest absolute Gasteiger partial charge is 0.454 e. The SMILES string of the molecule is CC(=O)Oc1ccc(/C=C/C(=O)C(F)(F)F)cc1. The van der Waals surface area contributed by atoms with Gasteiger partial charge in [0, 0.05) is 6.92 Å². The highest BCUT2D eigenvalue weighted by Gasteiger charge is 2.35. The van der Waals surface area contributed by atoms with Gasteiger partial charge < -0.3 is 4.74 Å². The van der Waals surface area contributed by atoms with Gasteiger partial charge in [0.1, 0.15) is 5.75 Å². The Morgan fingerprint density at radius 1 is 1.17 bits per heavy atom. The van der Waals surface area contributed by atoms with Crippen molar-refractivity contribution in [2.45, 2.75) is 13.1 Å². The second-order valence-corrected chi connectivity index (χ2v) is 3.36. The average molecular weight is 258 g/mol. The number of rotatable bonds is 3. The average Bonchev–Trinajstić information content (AvgIpc) is 2.25. The molecule has 0 aliphatic carbocycles. The lowest BCUT2D eigenvalue weighted by Crippen LogP contribution is -2.19. The molecule has 18 heavy (non-hydrogen) atoms. The van der Waals surface area contributed by atoms with E-state index in [2.05, 4.69) is 0 Å². The summed E-state index contributed by atoms with van der Waals surface area (Å²) in [5.74, 6) is -2.14. The molecule has 0 radical (unpaired) electrons. The van der Waals surface area contributed by atoms with E-state index in [1.165, 1.54) is 31.2 Å². The normalized spacial score (nSPS) is 11.6. The summed E-state index contributed by atoms with van der Waals surface area (Å²) in [4.78, 5) is 21.2. The van der Waals surface area contributed by atoms with E-state index < -0.39 is 17.9 Å². The van der Waals surface area contributed by atoms with Crippen LogP contribution in [0.25, 0.3) is 6.08 Å². The van der Waals surface area contributed by atoms with Gasteiger partial charge in [0.15, 0.2) is 0 Å². The lowest BCUT2D eigenvalue weighted by atomic mass is 10.2. The summed E-state index contributed by atoms with van der Waals surface area (Å²) in [5, 5.41) is 0. The highest BCUT2D eigenvalue weighted by atomic mass is 19.4. The third-order valence-corrected chi connectivity index (χ3v) is 1.85. The molecule has 1 aromatic carbocycles. The number of carbonyl (C=O) groups is 2. The van der Waals surface area contributed by atoms with Gasteiger partial charge in [-0.15, -0.1) is 0 Å². The van der Waals surface area contributed by atoms with Crippen LogP contribution in [0.1, 0.15) is 12.5 Å². The van der Waals surface area contributed by atoms with Crippen molar-refractivity contribution in [3.8, 4) is 5.75 Å². The summed E-state index contributed by atoms with van der Waals surface area (Å²) < 4.78 is 40.4. The molecule has 0 heterocycles. The minimum absolute atomic E-state index is 0.279. The summed E-state index contributed by atoms with van der Waals surface area (Å²) in [5.41, 5.74) is 0.392. The van der Waals surface area contributed by atoms with E-state index >= 15 is 0 Å². The van der Waals surface area contributed by atoms with Gasteiger partial charge in [-0.3, -0.25) is 9.59 Å². The second-order valence-electron chi connectivity index (χ2n) is 3.36. The van der Waals surface area contributed by atoms with Crippen LogP contribution in [0.5, 0.6) is 5.75 Å². The van der Waals surface area contributed by atoms with E-state index in [1.54, 1.807) is 0 Å². The second kappa shape index (κ2) is 5.48. The number of allylic oxidation sites excluding steroid dienone is 1. The molecule has 6 heteroatoms. The van der Waals surface area contributed by atoms with Crippen molar-refractivity contribution in [3.05, 3.63) is 35.9 Å². The topological polar surface area (TPSA) is 43.4 Å². The van der Waals surface area contributed by atoms with Gasteiger partial charge in [0.05, 0.1) is 0 Å². The van der Waals surface area contributed by atoms with Gasteiger partial charge in [-0.05, 0) is 23.8 Å². The highest BCUT2D eigenvalue weighted by molar-refractivity contribution is 5.97. The maximum absolute atomic E-state index is 11.9. The van der Waals surface area contributed by atoms with Gasteiger partial charge in [0.2, 0.25) is 0 Å². The molecule has 1 rings (SSSR count). The Morgan fingerprint density at radius 2 is 1.72 bits per heavy atom. The van der Waals surface area contributed by atoms with Crippen LogP contribution in [0.3, 0.4) is 0 Å². The van der Waals surface area contributed by atoms with Crippen LogP contribution in [0.2, 0.25) is 0 Å². The van der Waals surface area contributed by atoms with Gasteiger partial charge in [0.25, 0.3) is 5.78 Å². The van der Waals surface area contributed by atoms with Crippen LogP contribution in [0, 0.1) is 0 Å². The molecule has 0 unspecified atom stereocenters. The molecule has 0 N–H and O–H groups in total. The fourth-order valence-corrected chi connectivity index (χ4v) is 1.08.